The van der Waals surface area contributed by atoms with Crippen LogP contribution in [0.1, 0.15) is 36.2 Å². The van der Waals surface area contributed by atoms with Crippen LogP contribution in [-0.4, -0.2) is 84.9 Å². The summed E-state index contributed by atoms with van der Waals surface area (Å²) in [6.07, 6.45) is -2.79. The SMILES string of the molecule is C=NNC(=O)/C(=C(\C)N1C[C@@H](C)C[C@H]1COc1cccc(C(=O)N2CCN(c3ccc(C#N)cn3)CC2)c1)C(F)(F)F. The van der Waals surface area contributed by atoms with Gasteiger partial charge in [-0.3, -0.25) is 9.59 Å². The van der Waals surface area contributed by atoms with Gasteiger partial charge >= 0.3 is 6.18 Å². The van der Waals surface area contributed by atoms with Crippen molar-refractivity contribution in [2.45, 2.75) is 32.5 Å². The number of rotatable bonds is 8. The van der Waals surface area contributed by atoms with E-state index in [9.17, 15) is 22.8 Å². The van der Waals surface area contributed by atoms with E-state index in [1.807, 2.05) is 13.0 Å². The average Bonchev–Trinajstić information content (AvgIpc) is 3.36. The van der Waals surface area contributed by atoms with Gasteiger partial charge < -0.3 is 19.4 Å². The molecule has 2 aliphatic rings. The van der Waals surface area contributed by atoms with Crippen LogP contribution in [0.4, 0.5) is 19.0 Å². The van der Waals surface area contributed by atoms with Crippen LogP contribution in [0, 0.1) is 17.2 Å². The third kappa shape index (κ3) is 6.99. The van der Waals surface area contributed by atoms with Crippen molar-refractivity contribution in [3.8, 4) is 11.8 Å². The monoisotopic (exact) mass is 583 g/mol. The number of benzene rings is 1. The predicted octanol–water partition coefficient (Wildman–Crippen LogP) is 3.57. The maximum Gasteiger partial charge on any atom is 0.423 e. The lowest BCUT2D eigenvalue weighted by Crippen LogP contribution is -2.49. The van der Waals surface area contributed by atoms with Gasteiger partial charge in [0.2, 0.25) is 0 Å². The number of amides is 2. The summed E-state index contributed by atoms with van der Waals surface area (Å²) in [4.78, 5) is 35.1. The fourth-order valence-corrected chi connectivity index (χ4v) is 5.36. The van der Waals surface area contributed by atoms with E-state index in [4.69, 9.17) is 10.00 Å². The lowest BCUT2D eigenvalue weighted by molar-refractivity contribution is -0.131. The van der Waals surface area contributed by atoms with Gasteiger partial charge in [0.05, 0.1) is 11.6 Å². The number of likely N-dealkylation sites (tertiary alicyclic amines) is 1. The second kappa shape index (κ2) is 12.9. The normalized spacial score (nSPS) is 19.6. The molecule has 1 aromatic carbocycles. The van der Waals surface area contributed by atoms with Crippen molar-refractivity contribution in [3.05, 3.63) is 65.0 Å². The third-order valence-corrected chi connectivity index (χ3v) is 7.40. The molecule has 1 N–H and O–H groups in total. The highest BCUT2D eigenvalue weighted by Crippen LogP contribution is 2.34. The minimum atomic E-state index is -4.88. The van der Waals surface area contributed by atoms with Gasteiger partial charge in [-0.1, -0.05) is 13.0 Å². The predicted molar refractivity (Wildman–Crippen MR) is 150 cm³/mol. The molecular weight excluding hydrogens is 551 g/mol. The highest BCUT2D eigenvalue weighted by molar-refractivity contribution is 5.95. The molecule has 13 heteroatoms. The summed E-state index contributed by atoms with van der Waals surface area (Å²) in [6, 6.07) is 11.9. The Balaban J connectivity index is 1.40. The van der Waals surface area contributed by atoms with E-state index < -0.39 is 23.7 Å². The Morgan fingerprint density at radius 1 is 1.21 bits per heavy atom. The molecule has 0 unspecified atom stereocenters. The number of pyridine rings is 1. The van der Waals surface area contributed by atoms with Gasteiger partial charge in [-0.15, -0.1) is 0 Å². The van der Waals surface area contributed by atoms with Gasteiger partial charge in [0.15, 0.2) is 0 Å². The van der Waals surface area contributed by atoms with Gasteiger partial charge in [0, 0.05) is 56.9 Å². The smallest absolute Gasteiger partial charge is 0.423 e. The first-order valence-corrected chi connectivity index (χ1v) is 13.5. The number of piperazine rings is 1. The Kier molecular flexibility index (Phi) is 9.35. The first-order valence-electron chi connectivity index (χ1n) is 13.5. The van der Waals surface area contributed by atoms with Crippen LogP contribution >= 0.6 is 0 Å². The van der Waals surface area contributed by atoms with Crippen molar-refractivity contribution in [3.63, 3.8) is 0 Å². The number of allylic oxidation sites excluding steroid dienone is 1. The zero-order valence-electron chi connectivity index (χ0n) is 23.4. The standard InChI is InChI=1S/C29H32F3N7O3/c1-19-13-23(39(17-19)20(2)26(29(30,31)32)27(40)36-34-3)18-42-24-6-4-5-22(14-24)28(41)38-11-9-37(10-12-38)25-8-7-21(15-33)16-35-25/h4-8,14,16,19,23H,3,9-13,17-18H2,1-2H3,(H,36,40)/b26-20-/t19-,23-/m0/s1. The summed E-state index contributed by atoms with van der Waals surface area (Å²) in [6.45, 7) is 8.79. The number of halogens is 3. The maximum absolute atomic E-state index is 13.8. The number of hydrazone groups is 1. The minimum absolute atomic E-state index is 0.0715. The highest BCUT2D eigenvalue weighted by atomic mass is 19.4. The molecule has 0 aliphatic carbocycles. The Labute approximate surface area is 242 Å². The van der Waals surface area contributed by atoms with Crippen molar-refractivity contribution in [2.24, 2.45) is 11.0 Å². The van der Waals surface area contributed by atoms with Crippen molar-refractivity contribution >= 4 is 24.3 Å². The Morgan fingerprint density at radius 3 is 2.57 bits per heavy atom. The lowest BCUT2D eigenvalue weighted by atomic mass is 10.1. The van der Waals surface area contributed by atoms with E-state index in [0.29, 0.717) is 56.0 Å². The van der Waals surface area contributed by atoms with E-state index >= 15 is 0 Å². The highest BCUT2D eigenvalue weighted by Gasteiger charge is 2.43. The molecule has 2 atom stereocenters. The van der Waals surface area contributed by atoms with E-state index in [0.717, 1.165) is 5.82 Å². The molecule has 2 fully saturated rings. The second-order valence-electron chi connectivity index (χ2n) is 10.3. The summed E-state index contributed by atoms with van der Waals surface area (Å²) in [5.41, 5.74) is 1.18. The van der Waals surface area contributed by atoms with Crippen LogP contribution < -0.4 is 15.1 Å². The average molecular weight is 584 g/mol. The fraction of sp³-hybridized carbons (Fsp3) is 0.414. The van der Waals surface area contributed by atoms with Crippen molar-refractivity contribution in [1.29, 1.82) is 5.26 Å². The number of carbonyl (C=O) groups is 2. The van der Waals surface area contributed by atoms with Gasteiger partial charge in [-0.25, -0.2) is 10.4 Å². The molecule has 10 nitrogen and oxygen atoms in total. The zero-order chi connectivity index (χ0) is 30.4. The number of alkyl halides is 3. The number of anilines is 1. The number of hydrogen-bond donors (Lipinski definition) is 1. The number of ether oxygens (including phenoxy) is 1. The Bertz CT molecular complexity index is 1380. The topological polar surface area (TPSA) is 114 Å². The molecule has 1 aromatic heterocycles. The van der Waals surface area contributed by atoms with Crippen LogP contribution in [0.2, 0.25) is 0 Å². The molecule has 0 bridgehead atoms. The molecular formula is C29H32F3N7O3. The molecule has 0 saturated carbocycles. The number of aromatic nitrogens is 1. The van der Waals surface area contributed by atoms with E-state index in [2.05, 4.69) is 21.7 Å². The summed E-state index contributed by atoms with van der Waals surface area (Å²) in [5.74, 6) is -0.271. The van der Waals surface area contributed by atoms with Crippen LogP contribution in [0.5, 0.6) is 5.75 Å². The Morgan fingerprint density at radius 2 is 1.95 bits per heavy atom. The molecule has 42 heavy (non-hydrogen) atoms. The summed E-state index contributed by atoms with van der Waals surface area (Å²) in [7, 11) is 0. The lowest BCUT2D eigenvalue weighted by Gasteiger charge is -2.35. The van der Waals surface area contributed by atoms with E-state index in [-0.39, 0.29) is 24.1 Å². The Hall–Kier alpha value is -4.60. The molecule has 2 aromatic rings. The first-order chi connectivity index (χ1) is 20.0. The number of carbonyl (C=O) groups excluding carboxylic acids is 2. The summed E-state index contributed by atoms with van der Waals surface area (Å²) >= 11 is 0. The summed E-state index contributed by atoms with van der Waals surface area (Å²) < 4.78 is 47.4. The van der Waals surface area contributed by atoms with Gasteiger partial charge in [-0.2, -0.15) is 23.5 Å². The number of nitrogens with one attached hydrogen (secondary N) is 1. The molecule has 0 spiro atoms. The quantitative estimate of drug-likeness (QED) is 0.287. The van der Waals surface area contributed by atoms with Crippen molar-refractivity contribution in [2.75, 3.05) is 44.2 Å². The molecule has 2 aliphatic heterocycles. The van der Waals surface area contributed by atoms with Crippen LogP contribution in [-0.2, 0) is 4.79 Å². The van der Waals surface area contributed by atoms with Crippen LogP contribution in [0.25, 0.3) is 0 Å². The molecule has 2 amide bonds. The first kappa shape index (κ1) is 30.4. The molecule has 3 heterocycles. The second-order valence-corrected chi connectivity index (χ2v) is 10.3. The number of nitrogens with zero attached hydrogens (tertiary/aromatic N) is 6. The number of nitriles is 1. The van der Waals surface area contributed by atoms with Crippen molar-refractivity contribution < 1.29 is 27.5 Å². The van der Waals surface area contributed by atoms with Gasteiger partial charge in [0.1, 0.15) is 29.8 Å². The summed E-state index contributed by atoms with van der Waals surface area (Å²) in [5, 5.41) is 12.1. The van der Waals surface area contributed by atoms with Gasteiger partial charge in [-0.05, 0) is 49.6 Å². The molecule has 2 saturated heterocycles. The van der Waals surface area contributed by atoms with Crippen molar-refractivity contribution in [1.82, 2.24) is 20.2 Å². The van der Waals surface area contributed by atoms with Gasteiger partial charge in [0.25, 0.3) is 11.8 Å². The van der Waals surface area contributed by atoms with E-state index in [1.54, 1.807) is 51.6 Å². The molecule has 222 valence electrons. The van der Waals surface area contributed by atoms with E-state index in [1.165, 1.54) is 13.1 Å². The fourth-order valence-electron chi connectivity index (χ4n) is 5.36. The van der Waals surface area contributed by atoms with Crippen LogP contribution in [0.3, 0.4) is 0 Å². The minimum Gasteiger partial charge on any atom is -0.491 e. The third-order valence-electron chi connectivity index (χ3n) is 7.40. The molecule has 0 radical (unpaired) electrons. The van der Waals surface area contributed by atoms with Crippen LogP contribution in [0.15, 0.2) is 59.0 Å². The zero-order valence-corrected chi connectivity index (χ0v) is 23.4. The molecule has 4 rings (SSSR count). The maximum atomic E-state index is 13.8. The largest absolute Gasteiger partial charge is 0.491 e. The number of hydrogen-bond acceptors (Lipinski definition) is 8.